The molecular weight excluding hydrogens is 450 g/mol. The summed E-state index contributed by atoms with van der Waals surface area (Å²) in [7, 11) is 1.60. The first-order valence-electron chi connectivity index (χ1n) is 12.1. The van der Waals surface area contributed by atoms with Crippen molar-refractivity contribution in [3.8, 4) is 5.75 Å². The Balaban J connectivity index is 0.00000114. The van der Waals surface area contributed by atoms with Crippen LogP contribution in [0.1, 0.15) is 78.2 Å². The quantitative estimate of drug-likeness (QED) is 0.605. The number of likely N-dealkylation sites (tertiary alicyclic amines) is 1. The molecule has 2 aliphatic heterocycles. The summed E-state index contributed by atoms with van der Waals surface area (Å²) in [5.41, 5.74) is 1.37. The van der Waals surface area contributed by atoms with Gasteiger partial charge in [-0.2, -0.15) is 0 Å². The van der Waals surface area contributed by atoms with Crippen LogP contribution in [0.3, 0.4) is 0 Å². The molecular formula is C26H41N3O6. The van der Waals surface area contributed by atoms with Crippen LogP contribution >= 0.6 is 0 Å². The number of amides is 3. The molecule has 9 nitrogen and oxygen atoms in total. The zero-order chi connectivity index (χ0) is 26.6. The van der Waals surface area contributed by atoms with Crippen LogP contribution in [0.5, 0.6) is 5.75 Å². The van der Waals surface area contributed by atoms with Gasteiger partial charge in [-0.05, 0) is 63.6 Å². The van der Waals surface area contributed by atoms with Crippen LogP contribution in [-0.2, 0) is 19.1 Å². The van der Waals surface area contributed by atoms with Gasteiger partial charge < -0.3 is 24.5 Å². The van der Waals surface area contributed by atoms with Gasteiger partial charge in [-0.3, -0.25) is 14.9 Å². The molecule has 3 rings (SSSR count). The van der Waals surface area contributed by atoms with Crippen molar-refractivity contribution in [1.82, 2.24) is 10.2 Å². The Morgan fingerprint density at radius 1 is 1.14 bits per heavy atom. The maximum absolute atomic E-state index is 12.3. The fourth-order valence-corrected chi connectivity index (χ4v) is 3.82. The number of nitrogens with zero attached hydrogens (tertiary/aromatic N) is 1. The molecule has 2 heterocycles. The number of carbonyl (C=O) groups excluding carboxylic acids is 4. The topological polar surface area (TPSA) is 114 Å². The van der Waals surface area contributed by atoms with Gasteiger partial charge >= 0.3 is 6.09 Å². The van der Waals surface area contributed by atoms with Crippen LogP contribution in [0.15, 0.2) is 18.2 Å². The van der Waals surface area contributed by atoms with Crippen LogP contribution in [0.25, 0.3) is 0 Å². The fourth-order valence-electron chi connectivity index (χ4n) is 3.82. The molecule has 0 aromatic heterocycles. The lowest BCUT2D eigenvalue weighted by molar-refractivity contribution is -0.133. The lowest BCUT2D eigenvalue weighted by Gasteiger charge is -2.33. The highest BCUT2D eigenvalue weighted by Crippen LogP contribution is 2.34. The van der Waals surface area contributed by atoms with E-state index in [0.717, 1.165) is 24.1 Å². The normalized spacial score (nSPS) is 18.2. The molecule has 0 saturated carbocycles. The lowest BCUT2D eigenvalue weighted by atomic mass is 9.89. The van der Waals surface area contributed by atoms with Crippen LogP contribution in [0.4, 0.5) is 10.5 Å². The predicted octanol–water partition coefficient (Wildman–Crippen LogP) is 4.26. The molecule has 1 aromatic rings. The summed E-state index contributed by atoms with van der Waals surface area (Å²) in [6, 6.07) is 5.48. The number of imide groups is 1. The van der Waals surface area contributed by atoms with E-state index in [4.69, 9.17) is 14.3 Å². The average Bonchev–Trinajstić information content (AvgIpc) is 2.82. The second kappa shape index (κ2) is 14.3. The summed E-state index contributed by atoms with van der Waals surface area (Å²) in [6.45, 7) is 13.2. The molecule has 1 aromatic carbocycles. The third kappa shape index (κ3) is 9.58. The molecule has 35 heavy (non-hydrogen) atoms. The van der Waals surface area contributed by atoms with Crippen molar-refractivity contribution in [2.75, 3.05) is 25.5 Å². The molecule has 0 aliphatic carbocycles. The number of methoxy groups -OCH3 is 1. The summed E-state index contributed by atoms with van der Waals surface area (Å²) >= 11 is 0. The summed E-state index contributed by atoms with van der Waals surface area (Å²) < 4.78 is 11.0. The maximum Gasteiger partial charge on any atom is 0.410 e. The van der Waals surface area contributed by atoms with Gasteiger partial charge in [-0.25, -0.2) is 4.79 Å². The highest BCUT2D eigenvalue weighted by Gasteiger charge is 2.29. The Labute approximate surface area is 208 Å². The first-order chi connectivity index (χ1) is 16.6. The number of rotatable bonds is 4. The van der Waals surface area contributed by atoms with E-state index in [9.17, 15) is 14.4 Å². The molecule has 1 unspecified atom stereocenters. The zero-order valence-electron chi connectivity index (χ0n) is 21.9. The minimum atomic E-state index is -0.493. The number of nitrogens with one attached hydrogen (secondary N) is 2. The molecule has 196 valence electrons. The van der Waals surface area contributed by atoms with Gasteiger partial charge in [0.1, 0.15) is 24.2 Å². The lowest BCUT2D eigenvalue weighted by Crippen LogP contribution is -2.47. The van der Waals surface area contributed by atoms with Crippen LogP contribution in [0, 0.1) is 0 Å². The summed E-state index contributed by atoms with van der Waals surface area (Å²) in [5, 5.41) is 5.54. The predicted molar refractivity (Wildman–Crippen MR) is 136 cm³/mol. The van der Waals surface area contributed by atoms with Gasteiger partial charge in [-0.1, -0.05) is 26.3 Å². The molecule has 2 fully saturated rings. The summed E-state index contributed by atoms with van der Waals surface area (Å²) in [4.78, 5) is 45.4. The Morgan fingerprint density at radius 3 is 2.26 bits per heavy atom. The molecule has 3 amide bonds. The maximum atomic E-state index is 12.3. The molecule has 1 atom stereocenters. The van der Waals surface area contributed by atoms with Crippen LogP contribution < -0.4 is 15.4 Å². The van der Waals surface area contributed by atoms with E-state index in [1.165, 1.54) is 6.42 Å². The Hall–Kier alpha value is -3.10. The monoisotopic (exact) mass is 491 g/mol. The van der Waals surface area contributed by atoms with Gasteiger partial charge in [0.2, 0.25) is 11.8 Å². The fraction of sp³-hybridized carbons (Fsp3) is 0.615. The Morgan fingerprint density at radius 2 is 1.74 bits per heavy atom. The number of hydrogen-bond donors (Lipinski definition) is 2. The largest absolute Gasteiger partial charge is 0.495 e. The summed E-state index contributed by atoms with van der Waals surface area (Å²) in [6.07, 6.45) is 3.46. The minimum Gasteiger partial charge on any atom is -0.495 e. The molecule has 9 heteroatoms. The van der Waals surface area contributed by atoms with E-state index < -0.39 is 11.6 Å². The van der Waals surface area contributed by atoms with E-state index in [1.807, 2.05) is 45.8 Å². The Bertz CT molecular complexity index is 844. The van der Waals surface area contributed by atoms with Crippen molar-refractivity contribution in [2.45, 2.75) is 84.3 Å². The van der Waals surface area contributed by atoms with Crippen molar-refractivity contribution in [3.63, 3.8) is 0 Å². The van der Waals surface area contributed by atoms with E-state index in [-0.39, 0.29) is 17.9 Å². The highest BCUT2D eigenvalue weighted by molar-refractivity contribution is 6.01. The standard InChI is InChI=1S/C22H31N3O5.C3H8.CH2O/c1-22(2,3)30-21(28)25-11-9-14(10-12-25)15-5-6-16(18(13-15)29-4)23-17-7-8-19(26)24-20(17)27;1-3-2;1-2/h5-6,13-14,17,23H,7-12H2,1-4H3,(H,24,26,27);3H2,1-2H3;1H2. The van der Waals surface area contributed by atoms with Crippen molar-refractivity contribution in [3.05, 3.63) is 23.8 Å². The molecule has 2 aliphatic rings. The van der Waals surface area contributed by atoms with Gasteiger partial charge in [0, 0.05) is 19.5 Å². The van der Waals surface area contributed by atoms with E-state index >= 15 is 0 Å². The van der Waals surface area contributed by atoms with Gasteiger partial charge in [0.25, 0.3) is 0 Å². The van der Waals surface area contributed by atoms with Crippen LogP contribution in [-0.4, -0.2) is 61.4 Å². The minimum absolute atomic E-state index is 0.238. The second-order valence-corrected chi connectivity index (χ2v) is 9.56. The molecule has 0 spiro atoms. The number of piperidine rings is 2. The zero-order valence-corrected chi connectivity index (χ0v) is 21.9. The molecule has 0 bridgehead atoms. The molecule has 2 saturated heterocycles. The summed E-state index contributed by atoms with van der Waals surface area (Å²) in [5.74, 6) is 0.430. The SMILES string of the molecule is C=O.CCC.COc1cc(C2CCN(C(=O)OC(C)(C)C)CC2)ccc1NC1CCC(=O)NC1=O. The van der Waals surface area contributed by atoms with E-state index in [1.54, 1.807) is 12.0 Å². The molecule has 0 radical (unpaired) electrons. The third-order valence-electron chi connectivity index (χ3n) is 5.41. The second-order valence-electron chi connectivity index (χ2n) is 9.56. The van der Waals surface area contributed by atoms with Gasteiger partial charge in [0.15, 0.2) is 0 Å². The first-order valence-corrected chi connectivity index (χ1v) is 12.1. The third-order valence-corrected chi connectivity index (χ3v) is 5.41. The number of carbonyl (C=O) groups is 4. The number of hydrogen-bond acceptors (Lipinski definition) is 7. The average molecular weight is 492 g/mol. The van der Waals surface area contributed by atoms with Crippen molar-refractivity contribution in [1.29, 1.82) is 0 Å². The van der Waals surface area contributed by atoms with Gasteiger partial charge in [0.05, 0.1) is 12.8 Å². The van der Waals surface area contributed by atoms with Crippen molar-refractivity contribution < 1.29 is 28.7 Å². The highest BCUT2D eigenvalue weighted by atomic mass is 16.6. The molecule has 2 N–H and O–H groups in total. The Kier molecular flexibility index (Phi) is 12.3. The van der Waals surface area contributed by atoms with E-state index in [0.29, 0.717) is 37.6 Å². The van der Waals surface area contributed by atoms with E-state index in [2.05, 4.69) is 24.5 Å². The van der Waals surface area contributed by atoms with Gasteiger partial charge in [-0.15, -0.1) is 0 Å². The van der Waals surface area contributed by atoms with Crippen molar-refractivity contribution in [2.24, 2.45) is 0 Å². The number of ether oxygens (including phenoxy) is 2. The van der Waals surface area contributed by atoms with Crippen molar-refractivity contribution >= 4 is 30.4 Å². The number of anilines is 1. The van der Waals surface area contributed by atoms with Crippen LogP contribution in [0.2, 0.25) is 0 Å². The first kappa shape index (κ1) is 29.9. The smallest absolute Gasteiger partial charge is 0.410 e. The number of benzene rings is 1.